The zero-order valence-electron chi connectivity index (χ0n) is 8.29. The third kappa shape index (κ3) is 2.31. The minimum absolute atomic E-state index is 0.111. The number of nitrogens with zero attached hydrogens (tertiary/aromatic N) is 1. The minimum atomic E-state index is -0.111. The van der Waals surface area contributed by atoms with Gasteiger partial charge in [0.25, 0.3) is 5.56 Å². The summed E-state index contributed by atoms with van der Waals surface area (Å²) < 4.78 is 6.02. The highest BCUT2D eigenvalue weighted by atomic mass is 127. The lowest BCUT2D eigenvalue weighted by Crippen LogP contribution is -2.29. The van der Waals surface area contributed by atoms with E-state index in [0.29, 0.717) is 9.39 Å². The number of hydrogen-bond acceptors (Lipinski definition) is 4. The van der Waals surface area contributed by atoms with E-state index < -0.39 is 0 Å². The molecule has 5 nitrogen and oxygen atoms in total. The number of halogens is 1. The van der Waals surface area contributed by atoms with Crippen molar-refractivity contribution >= 4 is 28.4 Å². The number of aromatic amines is 1. The summed E-state index contributed by atoms with van der Waals surface area (Å²) in [7, 11) is 0. The monoisotopic (exact) mass is 321 g/mol. The van der Waals surface area contributed by atoms with Crippen LogP contribution in [0.2, 0.25) is 0 Å². The van der Waals surface area contributed by atoms with Crippen LogP contribution >= 0.6 is 22.6 Å². The summed E-state index contributed by atoms with van der Waals surface area (Å²) in [4.78, 5) is 18.0. The highest BCUT2D eigenvalue weighted by molar-refractivity contribution is 14.1. The zero-order chi connectivity index (χ0) is 10.8. The Morgan fingerprint density at radius 1 is 1.73 bits per heavy atom. The molecule has 2 unspecified atom stereocenters. The Morgan fingerprint density at radius 2 is 2.53 bits per heavy atom. The number of aromatic nitrogens is 2. The maximum absolute atomic E-state index is 11.3. The number of H-pyrrole nitrogens is 1. The van der Waals surface area contributed by atoms with Gasteiger partial charge in [0.15, 0.2) is 0 Å². The Labute approximate surface area is 101 Å². The molecule has 0 spiro atoms. The molecule has 1 aliphatic rings. The lowest BCUT2D eigenvalue weighted by Gasteiger charge is -2.16. The van der Waals surface area contributed by atoms with Crippen LogP contribution in [0.4, 0.5) is 5.82 Å². The van der Waals surface area contributed by atoms with Crippen LogP contribution in [-0.2, 0) is 4.74 Å². The average molecular weight is 321 g/mol. The topological polar surface area (TPSA) is 67.0 Å². The molecule has 2 N–H and O–H groups in total. The van der Waals surface area contributed by atoms with Crippen molar-refractivity contribution in [3.05, 3.63) is 20.3 Å². The van der Waals surface area contributed by atoms with Gasteiger partial charge in [0.05, 0.1) is 18.5 Å². The van der Waals surface area contributed by atoms with Crippen molar-refractivity contribution < 1.29 is 4.74 Å². The van der Waals surface area contributed by atoms with Crippen molar-refractivity contribution in [3.8, 4) is 0 Å². The van der Waals surface area contributed by atoms with Crippen molar-refractivity contribution in [2.45, 2.75) is 25.5 Å². The number of hydrogen-bond donors (Lipinski definition) is 2. The van der Waals surface area contributed by atoms with Gasteiger partial charge < -0.3 is 15.0 Å². The Balaban J connectivity index is 2.17. The van der Waals surface area contributed by atoms with E-state index in [1.165, 1.54) is 6.33 Å². The molecule has 1 aliphatic heterocycles. The molecule has 0 radical (unpaired) electrons. The maximum Gasteiger partial charge on any atom is 0.266 e. The Kier molecular flexibility index (Phi) is 3.25. The summed E-state index contributed by atoms with van der Waals surface area (Å²) in [5.41, 5.74) is -0.111. The van der Waals surface area contributed by atoms with Crippen LogP contribution in [-0.4, -0.2) is 28.7 Å². The van der Waals surface area contributed by atoms with Crippen LogP contribution < -0.4 is 10.9 Å². The molecule has 15 heavy (non-hydrogen) atoms. The van der Waals surface area contributed by atoms with Gasteiger partial charge in [-0.2, -0.15) is 0 Å². The van der Waals surface area contributed by atoms with Crippen LogP contribution in [0, 0.1) is 3.57 Å². The molecule has 1 aromatic heterocycles. The molecule has 1 fully saturated rings. The van der Waals surface area contributed by atoms with Crippen molar-refractivity contribution in [1.82, 2.24) is 9.97 Å². The molecule has 0 bridgehead atoms. The highest BCUT2D eigenvalue weighted by Gasteiger charge is 2.25. The van der Waals surface area contributed by atoms with Gasteiger partial charge in [-0.15, -0.1) is 0 Å². The van der Waals surface area contributed by atoms with E-state index in [1.54, 1.807) is 0 Å². The molecule has 0 aliphatic carbocycles. The van der Waals surface area contributed by atoms with E-state index >= 15 is 0 Å². The van der Waals surface area contributed by atoms with Gasteiger partial charge in [0.1, 0.15) is 9.39 Å². The zero-order valence-corrected chi connectivity index (χ0v) is 10.4. The SMILES string of the molecule is CC1OCCC1Nc1nc[nH]c(=O)c1I. The van der Waals surface area contributed by atoms with Gasteiger partial charge in [0, 0.05) is 6.61 Å². The van der Waals surface area contributed by atoms with Crippen LogP contribution in [0.25, 0.3) is 0 Å². The third-order valence-electron chi connectivity index (χ3n) is 2.49. The summed E-state index contributed by atoms with van der Waals surface area (Å²) >= 11 is 1.99. The third-order valence-corrected chi connectivity index (χ3v) is 3.50. The smallest absolute Gasteiger partial charge is 0.266 e. The molecule has 6 heteroatoms. The summed E-state index contributed by atoms with van der Waals surface area (Å²) in [6, 6.07) is 0.243. The van der Waals surface area contributed by atoms with E-state index in [4.69, 9.17) is 4.74 Å². The Bertz CT molecular complexity index is 407. The molecular formula is C9H12IN3O2. The van der Waals surface area contributed by atoms with Crippen LogP contribution in [0.3, 0.4) is 0 Å². The van der Waals surface area contributed by atoms with Gasteiger partial charge >= 0.3 is 0 Å². The lowest BCUT2D eigenvalue weighted by atomic mass is 10.1. The molecule has 2 rings (SSSR count). The van der Waals surface area contributed by atoms with Crippen molar-refractivity contribution in [1.29, 1.82) is 0 Å². The molecule has 2 heterocycles. The number of ether oxygens (including phenoxy) is 1. The number of nitrogens with one attached hydrogen (secondary N) is 2. The predicted octanol–water partition coefficient (Wildman–Crippen LogP) is 0.964. The molecule has 82 valence electrons. The summed E-state index contributed by atoms with van der Waals surface area (Å²) in [6.07, 6.45) is 2.53. The van der Waals surface area contributed by atoms with E-state index in [0.717, 1.165) is 13.0 Å². The first-order valence-corrected chi connectivity index (χ1v) is 5.87. The second-order valence-electron chi connectivity index (χ2n) is 3.51. The molecule has 0 amide bonds. The number of rotatable bonds is 2. The average Bonchev–Trinajstić information content (AvgIpc) is 2.60. The molecule has 2 atom stereocenters. The fraction of sp³-hybridized carbons (Fsp3) is 0.556. The fourth-order valence-electron chi connectivity index (χ4n) is 1.58. The minimum Gasteiger partial charge on any atom is -0.376 e. The maximum atomic E-state index is 11.3. The quantitative estimate of drug-likeness (QED) is 0.797. The summed E-state index contributed by atoms with van der Waals surface area (Å²) in [5, 5.41) is 3.24. The van der Waals surface area contributed by atoms with E-state index in [-0.39, 0.29) is 17.7 Å². The van der Waals surface area contributed by atoms with Crippen LogP contribution in [0.5, 0.6) is 0 Å². The van der Waals surface area contributed by atoms with E-state index in [9.17, 15) is 4.79 Å². The van der Waals surface area contributed by atoms with E-state index in [1.807, 2.05) is 29.5 Å². The molecule has 1 saturated heterocycles. The molecule has 0 aromatic carbocycles. The highest BCUT2D eigenvalue weighted by Crippen LogP contribution is 2.18. The van der Waals surface area contributed by atoms with Gasteiger partial charge in [-0.25, -0.2) is 4.98 Å². The first kappa shape index (κ1) is 10.9. The van der Waals surface area contributed by atoms with Crippen molar-refractivity contribution in [3.63, 3.8) is 0 Å². The Morgan fingerprint density at radius 3 is 3.20 bits per heavy atom. The van der Waals surface area contributed by atoms with Gasteiger partial charge in [-0.3, -0.25) is 4.79 Å². The largest absolute Gasteiger partial charge is 0.376 e. The Hall–Kier alpha value is -0.630. The van der Waals surface area contributed by atoms with Crippen LogP contribution in [0.1, 0.15) is 13.3 Å². The second kappa shape index (κ2) is 4.48. The first-order chi connectivity index (χ1) is 7.18. The van der Waals surface area contributed by atoms with Crippen molar-refractivity contribution in [2.24, 2.45) is 0 Å². The standard InChI is InChI=1S/C9H12IN3O2/c1-5-6(2-3-15-5)13-8-7(10)9(14)12-4-11-8/h4-6H,2-3H2,1H3,(H2,11,12,13,14). The first-order valence-electron chi connectivity index (χ1n) is 4.80. The van der Waals surface area contributed by atoms with Gasteiger partial charge in [0.2, 0.25) is 0 Å². The van der Waals surface area contributed by atoms with E-state index in [2.05, 4.69) is 15.3 Å². The molecular weight excluding hydrogens is 309 g/mol. The lowest BCUT2D eigenvalue weighted by molar-refractivity contribution is 0.121. The van der Waals surface area contributed by atoms with Gasteiger partial charge in [-0.05, 0) is 35.9 Å². The number of anilines is 1. The van der Waals surface area contributed by atoms with Crippen molar-refractivity contribution in [2.75, 3.05) is 11.9 Å². The summed E-state index contributed by atoms with van der Waals surface area (Å²) in [6.45, 7) is 2.78. The summed E-state index contributed by atoms with van der Waals surface area (Å²) in [5.74, 6) is 0.640. The second-order valence-corrected chi connectivity index (χ2v) is 4.59. The van der Waals surface area contributed by atoms with Crippen LogP contribution in [0.15, 0.2) is 11.1 Å². The molecule has 1 aromatic rings. The predicted molar refractivity (Wildman–Crippen MR) is 65.0 cm³/mol. The fourth-order valence-corrected chi connectivity index (χ4v) is 2.03. The molecule has 0 saturated carbocycles. The van der Waals surface area contributed by atoms with Gasteiger partial charge in [-0.1, -0.05) is 0 Å². The normalized spacial score (nSPS) is 25.5.